The van der Waals surface area contributed by atoms with Crippen molar-refractivity contribution in [2.75, 3.05) is 26.2 Å². The normalized spacial score (nSPS) is 14.7. The number of ketones is 1. The molecule has 0 saturated carbocycles. The number of nitrogens with zero attached hydrogens (tertiary/aromatic N) is 1. The van der Waals surface area contributed by atoms with Gasteiger partial charge >= 0.3 is 0 Å². The SMILES string of the molecule is Cc1cc(OCCN2CCCC2)c(-c2ccccc2C)cc1C(=O)C(C)C. The maximum Gasteiger partial charge on any atom is 0.165 e. The summed E-state index contributed by atoms with van der Waals surface area (Å²) in [6, 6.07) is 12.4. The van der Waals surface area contributed by atoms with Crippen molar-refractivity contribution in [3.8, 4) is 16.9 Å². The number of carbonyl (C=O) groups excluding carboxylic acids is 1. The van der Waals surface area contributed by atoms with Crippen molar-refractivity contribution in [1.82, 2.24) is 4.90 Å². The maximum atomic E-state index is 12.7. The summed E-state index contributed by atoms with van der Waals surface area (Å²) in [7, 11) is 0. The number of ether oxygens (including phenoxy) is 1. The van der Waals surface area contributed by atoms with E-state index in [-0.39, 0.29) is 11.7 Å². The molecule has 3 rings (SSSR count). The third-order valence-corrected chi connectivity index (χ3v) is 5.42. The smallest absolute Gasteiger partial charge is 0.165 e. The van der Waals surface area contributed by atoms with Crippen molar-refractivity contribution in [1.29, 1.82) is 0 Å². The van der Waals surface area contributed by atoms with Crippen LogP contribution in [0.15, 0.2) is 36.4 Å². The van der Waals surface area contributed by atoms with E-state index in [0.29, 0.717) is 6.61 Å². The van der Waals surface area contributed by atoms with Crippen LogP contribution in [0.1, 0.15) is 48.2 Å². The molecule has 0 unspecified atom stereocenters. The van der Waals surface area contributed by atoms with Crippen molar-refractivity contribution in [2.24, 2.45) is 5.92 Å². The Balaban J connectivity index is 1.93. The molecule has 0 bridgehead atoms. The van der Waals surface area contributed by atoms with E-state index in [1.165, 1.54) is 31.5 Å². The third kappa shape index (κ3) is 4.59. The van der Waals surface area contributed by atoms with E-state index in [1.54, 1.807) is 0 Å². The van der Waals surface area contributed by atoms with Crippen molar-refractivity contribution < 1.29 is 9.53 Å². The second-order valence-electron chi connectivity index (χ2n) is 7.89. The van der Waals surface area contributed by atoms with Gasteiger partial charge in [-0.05, 0) is 68.6 Å². The van der Waals surface area contributed by atoms with Crippen LogP contribution >= 0.6 is 0 Å². The maximum absolute atomic E-state index is 12.7. The van der Waals surface area contributed by atoms with Gasteiger partial charge < -0.3 is 4.74 Å². The molecule has 0 aliphatic carbocycles. The molecule has 1 saturated heterocycles. The van der Waals surface area contributed by atoms with Crippen molar-refractivity contribution in [3.05, 3.63) is 53.1 Å². The lowest BCUT2D eigenvalue weighted by atomic mass is 9.91. The molecule has 0 radical (unpaired) electrons. The predicted molar refractivity (Wildman–Crippen MR) is 112 cm³/mol. The molecule has 27 heavy (non-hydrogen) atoms. The lowest BCUT2D eigenvalue weighted by Crippen LogP contribution is -2.25. The van der Waals surface area contributed by atoms with Gasteiger partial charge in [-0.25, -0.2) is 0 Å². The Labute approximate surface area is 163 Å². The Bertz CT molecular complexity index is 804. The molecule has 0 N–H and O–H groups in total. The molecular formula is C24H31NO2. The highest BCUT2D eigenvalue weighted by molar-refractivity contribution is 6.00. The van der Waals surface area contributed by atoms with Crippen molar-refractivity contribution in [2.45, 2.75) is 40.5 Å². The lowest BCUT2D eigenvalue weighted by molar-refractivity contribution is 0.0939. The monoisotopic (exact) mass is 365 g/mol. The van der Waals surface area contributed by atoms with Gasteiger partial charge in [0.05, 0.1) is 0 Å². The van der Waals surface area contributed by atoms with Crippen LogP contribution in [0.5, 0.6) is 5.75 Å². The van der Waals surface area contributed by atoms with E-state index in [0.717, 1.165) is 34.5 Å². The van der Waals surface area contributed by atoms with Crippen molar-refractivity contribution in [3.63, 3.8) is 0 Å². The Morgan fingerprint density at radius 2 is 1.74 bits per heavy atom. The quantitative estimate of drug-likeness (QED) is 0.625. The van der Waals surface area contributed by atoms with Crippen LogP contribution < -0.4 is 4.74 Å². The van der Waals surface area contributed by atoms with Crippen molar-refractivity contribution >= 4 is 5.78 Å². The number of Topliss-reactive ketones (excluding diaryl/α,β-unsaturated/α-hetero) is 1. The summed E-state index contributed by atoms with van der Waals surface area (Å²) in [4.78, 5) is 15.1. The minimum absolute atomic E-state index is 0.0182. The number of benzene rings is 2. The molecule has 1 aliphatic rings. The average molecular weight is 366 g/mol. The molecule has 144 valence electrons. The molecular weight excluding hydrogens is 334 g/mol. The number of aryl methyl sites for hydroxylation is 2. The topological polar surface area (TPSA) is 29.5 Å². The zero-order valence-corrected chi connectivity index (χ0v) is 17.0. The van der Waals surface area contributed by atoms with Crippen LogP contribution in [0.3, 0.4) is 0 Å². The summed E-state index contributed by atoms with van der Waals surface area (Å²) < 4.78 is 6.23. The van der Waals surface area contributed by atoms with Crippen LogP contribution in [0.2, 0.25) is 0 Å². The highest BCUT2D eigenvalue weighted by Gasteiger charge is 2.19. The van der Waals surface area contributed by atoms with Crippen LogP contribution in [-0.2, 0) is 0 Å². The zero-order valence-electron chi connectivity index (χ0n) is 17.0. The molecule has 0 amide bonds. The first-order valence-electron chi connectivity index (χ1n) is 10.1. The first-order valence-corrected chi connectivity index (χ1v) is 10.1. The van der Waals surface area contributed by atoms with E-state index in [2.05, 4.69) is 24.0 Å². The van der Waals surface area contributed by atoms with Crippen LogP contribution in [0, 0.1) is 19.8 Å². The predicted octanol–water partition coefficient (Wildman–Crippen LogP) is 5.28. The largest absolute Gasteiger partial charge is 0.492 e. The Morgan fingerprint density at radius 3 is 2.41 bits per heavy atom. The fraction of sp³-hybridized carbons (Fsp3) is 0.458. The van der Waals surface area contributed by atoms with Crippen LogP contribution in [0.25, 0.3) is 11.1 Å². The molecule has 0 aromatic heterocycles. The number of carbonyl (C=O) groups is 1. The Morgan fingerprint density at radius 1 is 1.04 bits per heavy atom. The number of likely N-dealkylation sites (tertiary alicyclic amines) is 1. The summed E-state index contributed by atoms with van der Waals surface area (Å²) in [6.45, 7) is 12.0. The van der Waals surface area contributed by atoms with Gasteiger partial charge in [0.2, 0.25) is 0 Å². The molecule has 2 aromatic rings. The summed E-state index contributed by atoms with van der Waals surface area (Å²) >= 11 is 0. The van der Waals surface area contributed by atoms with Gasteiger partial charge in [0, 0.05) is 23.6 Å². The fourth-order valence-electron chi connectivity index (χ4n) is 3.75. The minimum Gasteiger partial charge on any atom is -0.492 e. The number of rotatable bonds is 7. The summed E-state index contributed by atoms with van der Waals surface area (Å²) in [5.74, 6) is 1.04. The molecule has 3 heteroatoms. The average Bonchev–Trinajstić information content (AvgIpc) is 3.15. The Hall–Kier alpha value is -2.13. The Kier molecular flexibility index (Phi) is 6.33. The van der Waals surface area contributed by atoms with E-state index in [9.17, 15) is 4.79 Å². The zero-order chi connectivity index (χ0) is 19.4. The molecule has 2 aromatic carbocycles. The molecule has 1 fully saturated rings. The standard InChI is InChI=1S/C24H31NO2/c1-17(2)24(26)21-16-22(20-10-6-5-9-18(20)3)23(15-19(21)4)27-14-13-25-11-7-8-12-25/h5-6,9-10,15-17H,7-8,11-14H2,1-4H3. The number of hydrogen-bond donors (Lipinski definition) is 0. The molecule has 3 nitrogen and oxygen atoms in total. The first kappa shape index (κ1) is 19.6. The molecule has 0 spiro atoms. The van der Waals surface area contributed by atoms with E-state index in [4.69, 9.17) is 4.74 Å². The van der Waals surface area contributed by atoms with Gasteiger partial charge in [-0.1, -0.05) is 38.1 Å². The second kappa shape index (κ2) is 8.71. The van der Waals surface area contributed by atoms with Gasteiger partial charge in [0.15, 0.2) is 5.78 Å². The van der Waals surface area contributed by atoms with Gasteiger partial charge in [-0.15, -0.1) is 0 Å². The van der Waals surface area contributed by atoms with Crippen LogP contribution in [-0.4, -0.2) is 36.9 Å². The second-order valence-corrected chi connectivity index (χ2v) is 7.89. The highest BCUT2D eigenvalue weighted by Crippen LogP contribution is 2.35. The van der Waals surface area contributed by atoms with E-state index in [1.807, 2.05) is 45.0 Å². The molecule has 0 atom stereocenters. The van der Waals surface area contributed by atoms with Gasteiger partial charge in [0.25, 0.3) is 0 Å². The van der Waals surface area contributed by atoms with E-state index >= 15 is 0 Å². The first-order chi connectivity index (χ1) is 13.0. The highest BCUT2D eigenvalue weighted by atomic mass is 16.5. The molecule has 1 heterocycles. The van der Waals surface area contributed by atoms with Crippen LogP contribution in [0.4, 0.5) is 0 Å². The molecule has 1 aliphatic heterocycles. The summed E-state index contributed by atoms with van der Waals surface area (Å²) in [6.07, 6.45) is 2.58. The summed E-state index contributed by atoms with van der Waals surface area (Å²) in [5, 5.41) is 0. The van der Waals surface area contributed by atoms with Gasteiger partial charge in [0.1, 0.15) is 12.4 Å². The minimum atomic E-state index is -0.0182. The van der Waals surface area contributed by atoms with Gasteiger partial charge in [-0.2, -0.15) is 0 Å². The number of hydrogen-bond acceptors (Lipinski definition) is 3. The lowest BCUT2D eigenvalue weighted by Gasteiger charge is -2.19. The summed E-state index contributed by atoms with van der Waals surface area (Å²) in [5.41, 5.74) is 5.13. The van der Waals surface area contributed by atoms with Gasteiger partial charge in [-0.3, -0.25) is 9.69 Å². The third-order valence-electron chi connectivity index (χ3n) is 5.42. The fourth-order valence-corrected chi connectivity index (χ4v) is 3.75. The van der Waals surface area contributed by atoms with E-state index < -0.39 is 0 Å².